The van der Waals surface area contributed by atoms with Crippen LogP contribution in [0, 0.1) is 0 Å². The Morgan fingerprint density at radius 1 is 1.03 bits per heavy atom. The van der Waals surface area contributed by atoms with E-state index in [9.17, 15) is 14.7 Å². The van der Waals surface area contributed by atoms with Crippen molar-refractivity contribution < 1.29 is 19.4 Å². The smallest absolute Gasteiger partial charge is 0.295 e. The van der Waals surface area contributed by atoms with Gasteiger partial charge >= 0.3 is 0 Å². The fourth-order valence-corrected chi connectivity index (χ4v) is 4.00. The lowest BCUT2D eigenvalue weighted by atomic mass is 9.93. The average molecular weight is 476 g/mol. The third kappa shape index (κ3) is 5.01. The summed E-state index contributed by atoms with van der Waals surface area (Å²) in [7, 11) is 0. The maximum absolute atomic E-state index is 13.0. The molecule has 2 aromatic rings. The molecule has 1 atom stereocenters. The number of aliphatic hydroxyl groups excluding tert-OH is 1. The first-order chi connectivity index (χ1) is 15.1. The number of Topliss-reactive ketones (excluding diaryl/α,β-unsaturated/α-hetero) is 1. The predicted molar refractivity (Wildman–Crippen MR) is 127 cm³/mol. The van der Waals surface area contributed by atoms with Gasteiger partial charge < -0.3 is 14.7 Å². The molecule has 1 aliphatic heterocycles. The summed E-state index contributed by atoms with van der Waals surface area (Å²) in [4.78, 5) is 27.4. The van der Waals surface area contributed by atoms with Gasteiger partial charge in [-0.2, -0.15) is 0 Å². The van der Waals surface area contributed by atoms with Crippen LogP contribution in [0.2, 0.25) is 10.0 Å². The van der Waals surface area contributed by atoms with Crippen molar-refractivity contribution in [2.75, 3.05) is 13.2 Å². The molecule has 0 bridgehead atoms. The Balaban J connectivity index is 2.10. The molecule has 7 heteroatoms. The Labute approximate surface area is 198 Å². The van der Waals surface area contributed by atoms with Crippen LogP contribution in [0.5, 0.6) is 0 Å². The summed E-state index contributed by atoms with van der Waals surface area (Å²) in [5.74, 6) is -1.36. The van der Waals surface area contributed by atoms with Gasteiger partial charge in [-0.3, -0.25) is 9.59 Å². The number of nitrogens with zero attached hydrogens (tertiary/aromatic N) is 1. The zero-order valence-corrected chi connectivity index (χ0v) is 20.1. The van der Waals surface area contributed by atoms with Crippen LogP contribution in [0.1, 0.15) is 56.3 Å². The number of likely N-dealkylation sites (tertiary alicyclic amines) is 1. The minimum absolute atomic E-state index is 0.00759. The molecule has 170 valence electrons. The van der Waals surface area contributed by atoms with E-state index in [2.05, 4.69) is 13.8 Å². The van der Waals surface area contributed by atoms with Crippen LogP contribution in [0.3, 0.4) is 0 Å². The van der Waals surface area contributed by atoms with E-state index in [0.29, 0.717) is 16.5 Å². The number of ketones is 1. The highest BCUT2D eigenvalue weighted by Gasteiger charge is 2.45. The molecule has 1 unspecified atom stereocenters. The van der Waals surface area contributed by atoms with Crippen molar-refractivity contribution in [2.24, 2.45) is 0 Å². The summed E-state index contributed by atoms with van der Waals surface area (Å²) < 4.78 is 5.62. The maximum atomic E-state index is 13.0. The van der Waals surface area contributed by atoms with Crippen molar-refractivity contribution in [2.45, 2.75) is 45.8 Å². The van der Waals surface area contributed by atoms with E-state index in [4.69, 9.17) is 27.9 Å². The van der Waals surface area contributed by atoms with Gasteiger partial charge in [-0.25, -0.2) is 0 Å². The standard InChI is InChI=1S/C25H27Cl2NO4/c1-14(2)16-5-7-17(8-6-16)22-21(23(29)18-9-10-19(26)20(27)13-18)24(30)25(31)28(22)11-12-32-15(3)4/h5-10,13-15,22,29H,11-12H2,1-4H3/b23-21-. The molecule has 1 N–H and O–H groups in total. The van der Waals surface area contributed by atoms with Gasteiger partial charge in [0.25, 0.3) is 11.7 Å². The minimum atomic E-state index is -0.740. The summed E-state index contributed by atoms with van der Waals surface area (Å²) in [6.07, 6.45) is -0.00759. The third-order valence-electron chi connectivity index (χ3n) is 5.44. The van der Waals surface area contributed by atoms with E-state index < -0.39 is 17.7 Å². The Morgan fingerprint density at radius 2 is 1.69 bits per heavy atom. The summed E-state index contributed by atoms with van der Waals surface area (Å²) in [6, 6.07) is 11.6. The van der Waals surface area contributed by atoms with Crippen LogP contribution in [0.15, 0.2) is 48.0 Å². The van der Waals surface area contributed by atoms with Gasteiger partial charge in [0.2, 0.25) is 0 Å². The van der Waals surface area contributed by atoms with Gasteiger partial charge in [0.15, 0.2) is 0 Å². The van der Waals surface area contributed by atoms with Gasteiger partial charge in [-0.05, 0) is 49.1 Å². The highest BCUT2D eigenvalue weighted by atomic mass is 35.5. The van der Waals surface area contributed by atoms with Gasteiger partial charge in [-0.1, -0.05) is 61.3 Å². The van der Waals surface area contributed by atoms with Crippen molar-refractivity contribution in [1.29, 1.82) is 0 Å². The average Bonchev–Trinajstić information content (AvgIpc) is 3.00. The SMILES string of the molecule is CC(C)OCCN1C(=O)C(=O)/C(=C(\O)c2ccc(Cl)c(Cl)c2)C1c1ccc(C(C)C)cc1. The Bertz CT molecular complexity index is 1040. The normalized spacial score (nSPS) is 18.2. The molecule has 1 amide bonds. The molecule has 0 radical (unpaired) electrons. The molecule has 2 aromatic carbocycles. The second kappa shape index (κ2) is 10.1. The number of amides is 1. The number of rotatable bonds is 7. The van der Waals surface area contributed by atoms with E-state index in [0.717, 1.165) is 11.1 Å². The van der Waals surface area contributed by atoms with Crippen molar-refractivity contribution >= 4 is 40.7 Å². The third-order valence-corrected chi connectivity index (χ3v) is 6.17. The van der Waals surface area contributed by atoms with Crippen LogP contribution >= 0.6 is 23.2 Å². The molecular weight excluding hydrogens is 449 g/mol. The fraction of sp³-hybridized carbons (Fsp3) is 0.360. The lowest BCUT2D eigenvalue weighted by Gasteiger charge is -2.26. The molecule has 1 fully saturated rings. The fourth-order valence-electron chi connectivity index (χ4n) is 3.71. The Morgan fingerprint density at radius 3 is 2.25 bits per heavy atom. The van der Waals surface area contributed by atoms with Crippen molar-refractivity contribution in [1.82, 2.24) is 4.90 Å². The second-order valence-electron chi connectivity index (χ2n) is 8.36. The monoisotopic (exact) mass is 475 g/mol. The zero-order valence-electron chi connectivity index (χ0n) is 18.6. The quantitative estimate of drug-likeness (QED) is 0.304. The maximum Gasteiger partial charge on any atom is 0.295 e. The number of hydrogen-bond donors (Lipinski definition) is 1. The van der Waals surface area contributed by atoms with Crippen LogP contribution in [0.25, 0.3) is 5.76 Å². The summed E-state index contributed by atoms with van der Waals surface area (Å²) in [5.41, 5.74) is 2.22. The molecule has 0 spiro atoms. The van der Waals surface area contributed by atoms with Crippen LogP contribution in [-0.2, 0) is 14.3 Å². The molecule has 0 saturated carbocycles. The number of ether oxygens (including phenoxy) is 1. The zero-order chi connectivity index (χ0) is 23.6. The molecule has 5 nitrogen and oxygen atoms in total. The highest BCUT2D eigenvalue weighted by molar-refractivity contribution is 6.46. The molecule has 1 aliphatic rings. The first-order valence-corrected chi connectivity index (χ1v) is 11.3. The molecule has 1 heterocycles. The summed E-state index contributed by atoms with van der Waals surface area (Å²) in [6.45, 7) is 8.49. The minimum Gasteiger partial charge on any atom is -0.507 e. The van der Waals surface area contributed by atoms with Crippen molar-refractivity contribution in [3.63, 3.8) is 0 Å². The van der Waals surface area contributed by atoms with E-state index in [-0.39, 0.29) is 35.6 Å². The summed E-state index contributed by atoms with van der Waals surface area (Å²) in [5, 5.41) is 11.6. The molecule has 0 aromatic heterocycles. The molecule has 32 heavy (non-hydrogen) atoms. The largest absolute Gasteiger partial charge is 0.507 e. The van der Waals surface area contributed by atoms with E-state index in [1.807, 2.05) is 38.1 Å². The van der Waals surface area contributed by atoms with Crippen LogP contribution < -0.4 is 0 Å². The van der Waals surface area contributed by atoms with E-state index in [1.54, 1.807) is 6.07 Å². The Kier molecular flexibility index (Phi) is 7.65. The van der Waals surface area contributed by atoms with Gasteiger partial charge in [0.05, 0.1) is 34.4 Å². The first kappa shape index (κ1) is 24.3. The molecular formula is C25H27Cl2NO4. The highest BCUT2D eigenvalue weighted by Crippen LogP contribution is 2.40. The predicted octanol–water partition coefficient (Wildman–Crippen LogP) is 5.96. The number of hydrogen-bond acceptors (Lipinski definition) is 4. The number of halogens is 2. The Hall–Kier alpha value is -2.34. The molecule has 3 rings (SSSR count). The topological polar surface area (TPSA) is 66.8 Å². The number of aliphatic hydroxyl groups is 1. The van der Waals surface area contributed by atoms with Crippen molar-refractivity contribution in [3.8, 4) is 0 Å². The number of carbonyl (C=O) groups excluding carboxylic acids is 2. The first-order valence-electron chi connectivity index (χ1n) is 10.6. The van der Waals surface area contributed by atoms with Crippen LogP contribution in [0.4, 0.5) is 0 Å². The number of carbonyl (C=O) groups is 2. The lowest BCUT2D eigenvalue weighted by Crippen LogP contribution is -2.33. The molecule has 0 aliphatic carbocycles. The lowest BCUT2D eigenvalue weighted by molar-refractivity contribution is -0.140. The van der Waals surface area contributed by atoms with E-state index in [1.165, 1.54) is 17.0 Å². The second-order valence-corrected chi connectivity index (χ2v) is 9.18. The van der Waals surface area contributed by atoms with Gasteiger partial charge in [-0.15, -0.1) is 0 Å². The molecule has 1 saturated heterocycles. The van der Waals surface area contributed by atoms with Crippen molar-refractivity contribution in [3.05, 3.63) is 74.8 Å². The summed E-state index contributed by atoms with van der Waals surface area (Å²) >= 11 is 12.1. The van der Waals surface area contributed by atoms with E-state index >= 15 is 0 Å². The van der Waals surface area contributed by atoms with Gasteiger partial charge in [0.1, 0.15) is 5.76 Å². The number of benzene rings is 2. The van der Waals surface area contributed by atoms with Gasteiger partial charge in [0, 0.05) is 12.1 Å². The van der Waals surface area contributed by atoms with Crippen LogP contribution in [-0.4, -0.2) is 41.0 Å².